The number of carboxylic acids is 1. The monoisotopic (exact) mass is 298 g/mol. The van der Waals surface area contributed by atoms with Crippen LogP contribution in [0.4, 0.5) is 5.69 Å². The molecule has 0 heterocycles. The van der Waals surface area contributed by atoms with E-state index in [0.29, 0.717) is 11.3 Å². The van der Waals surface area contributed by atoms with Crippen molar-refractivity contribution < 1.29 is 14.7 Å². The molecular formula is C17H18N2O3. The van der Waals surface area contributed by atoms with Crippen LogP contribution in [0.15, 0.2) is 48.5 Å². The van der Waals surface area contributed by atoms with Crippen molar-refractivity contribution in [3.05, 3.63) is 65.2 Å². The first-order valence-electron chi connectivity index (χ1n) is 6.90. The van der Waals surface area contributed by atoms with E-state index in [2.05, 4.69) is 5.32 Å². The molecule has 114 valence electrons. The third kappa shape index (κ3) is 4.09. The number of hydrogen-bond donors (Lipinski definition) is 3. The minimum atomic E-state index is -1.06. The van der Waals surface area contributed by atoms with E-state index in [9.17, 15) is 14.7 Å². The molecule has 0 aromatic heterocycles. The third-order valence-electron chi connectivity index (χ3n) is 3.30. The van der Waals surface area contributed by atoms with E-state index < -0.39 is 17.9 Å². The Morgan fingerprint density at radius 3 is 2.45 bits per heavy atom. The molecule has 0 aliphatic rings. The lowest BCUT2D eigenvalue weighted by Gasteiger charge is -2.15. The number of amides is 1. The molecule has 0 fully saturated rings. The van der Waals surface area contributed by atoms with Gasteiger partial charge >= 0.3 is 5.97 Å². The van der Waals surface area contributed by atoms with E-state index in [1.54, 1.807) is 24.3 Å². The highest BCUT2D eigenvalue weighted by atomic mass is 16.4. The second-order valence-electron chi connectivity index (χ2n) is 5.18. The van der Waals surface area contributed by atoms with E-state index in [4.69, 9.17) is 5.73 Å². The van der Waals surface area contributed by atoms with E-state index in [1.807, 2.05) is 31.2 Å². The van der Waals surface area contributed by atoms with Crippen molar-refractivity contribution >= 4 is 17.6 Å². The van der Waals surface area contributed by atoms with Crippen LogP contribution in [-0.2, 0) is 11.2 Å². The molecule has 0 bridgehead atoms. The second-order valence-corrected chi connectivity index (χ2v) is 5.18. The predicted molar refractivity (Wildman–Crippen MR) is 84.6 cm³/mol. The molecule has 0 spiro atoms. The molecule has 2 rings (SSSR count). The van der Waals surface area contributed by atoms with Gasteiger partial charge in [0, 0.05) is 17.7 Å². The van der Waals surface area contributed by atoms with Crippen LogP contribution in [0, 0.1) is 6.92 Å². The number of hydrogen-bond acceptors (Lipinski definition) is 3. The van der Waals surface area contributed by atoms with Crippen LogP contribution in [-0.4, -0.2) is 23.0 Å². The number of benzene rings is 2. The van der Waals surface area contributed by atoms with Crippen molar-refractivity contribution in [1.29, 1.82) is 0 Å². The molecule has 0 saturated carbocycles. The van der Waals surface area contributed by atoms with Gasteiger partial charge in [0.1, 0.15) is 6.04 Å². The SMILES string of the molecule is Cc1cccc(C[C@H](NC(=O)c2ccc(N)cc2)C(=O)O)c1. The molecule has 2 aromatic carbocycles. The first-order valence-corrected chi connectivity index (χ1v) is 6.90. The maximum Gasteiger partial charge on any atom is 0.326 e. The molecule has 0 aliphatic carbocycles. The molecule has 0 saturated heterocycles. The summed E-state index contributed by atoms with van der Waals surface area (Å²) in [7, 11) is 0. The molecule has 2 aromatic rings. The number of nitrogen functional groups attached to an aromatic ring is 1. The van der Waals surface area contributed by atoms with Gasteiger partial charge in [-0.25, -0.2) is 4.79 Å². The van der Waals surface area contributed by atoms with Gasteiger partial charge in [0.2, 0.25) is 0 Å². The first kappa shape index (κ1) is 15.6. The van der Waals surface area contributed by atoms with Gasteiger partial charge in [-0.15, -0.1) is 0 Å². The predicted octanol–water partition coefficient (Wildman–Crippen LogP) is 2.00. The van der Waals surface area contributed by atoms with Gasteiger partial charge in [-0.3, -0.25) is 4.79 Å². The Balaban J connectivity index is 2.10. The van der Waals surface area contributed by atoms with Crippen molar-refractivity contribution in [1.82, 2.24) is 5.32 Å². The van der Waals surface area contributed by atoms with Crippen molar-refractivity contribution in [3.63, 3.8) is 0 Å². The van der Waals surface area contributed by atoms with E-state index >= 15 is 0 Å². The number of carbonyl (C=O) groups is 2. The molecule has 5 nitrogen and oxygen atoms in total. The highest BCUT2D eigenvalue weighted by Crippen LogP contribution is 2.09. The lowest BCUT2D eigenvalue weighted by atomic mass is 10.0. The number of aryl methyl sites for hydroxylation is 1. The standard InChI is InChI=1S/C17H18N2O3/c1-11-3-2-4-12(9-11)10-15(17(21)22)19-16(20)13-5-7-14(18)8-6-13/h2-9,15H,10,18H2,1H3,(H,19,20)(H,21,22)/t15-/m0/s1. The zero-order chi connectivity index (χ0) is 16.1. The van der Waals surface area contributed by atoms with E-state index in [0.717, 1.165) is 11.1 Å². The Labute approximate surface area is 128 Å². The Hall–Kier alpha value is -2.82. The molecule has 0 aliphatic heterocycles. The van der Waals surface area contributed by atoms with Crippen molar-refractivity contribution in [3.8, 4) is 0 Å². The summed E-state index contributed by atoms with van der Waals surface area (Å²) in [5.41, 5.74) is 8.41. The number of carbonyl (C=O) groups excluding carboxylic acids is 1. The average Bonchev–Trinajstić information content (AvgIpc) is 2.47. The molecule has 0 unspecified atom stereocenters. The Bertz CT molecular complexity index is 681. The number of carboxylic acid groups (broad SMARTS) is 1. The molecule has 0 radical (unpaired) electrons. The highest BCUT2D eigenvalue weighted by molar-refractivity contribution is 5.96. The number of aliphatic carboxylic acids is 1. The Morgan fingerprint density at radius 2 is 1.86 bits per heavy atom. The quantitative estimate of drug-likeness (QED) is 0.736. The van der Waals surface area contributed by atoms with Crippen molar-refractivity contribution in [2.45, 2.75) is 19.4 Å². The zero-order valence-electron chi connectivity index (χ0n) is 12.2. The second kappa shape index (κ2) is 6.76. The summed E-state index contributed by atoms with van der Waals surface area (Å²) in [6.07, 6.45) is 0.234. The topological polar surface area (TPSA) is 92.4 Å². The lowest BCUT2D eigenvalue weighted by molar-refractivity contribution is -0.139. The third-order valence-corrected chi connectivity index (χ3v) is 3.30. The molecule has 4 N–H and O–H groups in total. The molecule has 5 heteroatoms. The fraction of sp³-hybridized carbons (Fsp3) is 0.176. The normalized spacial score (nSPS) is 11.7. The molecule has 22 heavy (non-hydrogen) atoms. The highest BCUT2D eigenvalue weighted by Gasteiger charge is 2.21. The van der Waals surface area contributed by atoms with Crippen LogP contribution in [0.3, 0.4) is 0 Å². The van der Waals surface area contributed by atoms with Crippen LogP contribution in [0.2, 0.25) is 0 Å². The van der Waals surface area contributed by atoms with Crippen LogP contribution in [0.5, 0.6) is 0 Å². The number of nitrogens with one attached hydrogen (secondary N) is 1. The van der Waals surface area contributed by atoms with Crippen LogP contribution in [0.25, 0.3) is 0 Å². The smallest absolute Gasteiger partial charge is 0.326 e. The van der Waals surface area contributed by atoms with Crippen molar-refractivity contribution in [2.75, 3.05) is 5.73 Å². The Morgan fingerprint density at radius 1 is 1.18 bits per heavy atom. The minimum Gasteiger partial charge on any atom is -0.480 e. The van der Waals surface area contributed by atoms with Gasteiger partial charge in [-0.1, -0.05) is 29.8 Å². The average molecular weight is 298 g/mol. The summed E-state index contributed by atoms with van der Waals surface area (Å²) in [5.74, 6) is -1.50. The van der Waals surface area contributed by atoms with Crippen molar-refractivity contribution in [2.24, 2.45) is 0 Å². The minimum absolute atomic E-state index is 0.234. The van der Waals surface area contributed by atoms with Crippen LogP contribution >= 0.6 is 0 Å². The first-order chi connectivity index (χ1) is 10.5. The van der Waals surface area contributed by atoms with Crippen LogP contribution < -0.4 is 11.1 Å². The largest absolute Gasteiger partial charge is 0.480 e. The van der Waals surface area contributed by atoms with Gasteiger partial charge in [-0.05, 0) is 36.8 Å². The number of anilines is 1. The summed E-state index contributed by atoms with van der Waals surface area (Å²) in [5, 5.41) is 11.8. The summed E-state index contributed by atoms with van der Waals surface area (Å²) < 4.78 is 0. The maximum absolute atomic E-state index is 12.1. The van der Waals surface area contributed by atoms with Gasteiger partial charge < -0.3 is 16.2 Å². The van der Waals surface area contributed by atoms with Gasteiger partial charge in [0.15, 0.2) is 0 Å². The van der Waals surface area contributed by atoms with Gasteiger partial charge in [0.05, 0.1) is 0 Å². The molecular weight excluding hydrogens is 280 g/mol. The summed E-state index contributed by atoms with van der Waals surface area (Å²) >= 11 is 0. The summed E-state index contributed by atoms with van der Waals surface area (Å²) in [6, 6.07) is 12.9. The zero-order valence-corrected chi connectivity index (χ0v) is 12.2. The van der Waals surface area contributed by atoms with Crippen LogP contribution in [0.1, 0.15) is 21.5 Å². The summed E-state index contributed by atoms with van der Waals surface area (Å²) in [4.78, 5) is 23.5. The van der Waals surface area contributed by atoms with Gasteiger partial charge in [0.25, 0.3) is 5.91 Å². The molecule has 1 atom stereocenters. The fourth-order valence-corrected chi connectivity index (χ4v) is 2.15. The van der Waals surface area contributed by atoms with Gasteiger partial charge in [-0.2, -0.15) is 0 Å². The number of nitrogens with two attached hydrogens (primary N) is 1. The number of rotatable bonds is 5. The lowest BCUT2D eigenvalue weighted by Crippen LogP contribution is -2.42. The molecule has 1 amide bonds. The fourth-order valence-electron chi connectivity index (χ4n) is 2.15. The summed E-state index contributed by atoms with van der Waals surface area (Å²) in [6.45, 7) is 1.94. The van der Waals surface area contributed by atoms with E-state index in [1.165, 1.54) is 0 Å². The van der Waals surface area contributed by atoms with E-state index in [-0.39, 0.29) is 6.42 Å². The Kier molecular flexibility index (Phi) is 4.78. The maximum atomic E-state index is 12.1.